The summed E-state index contributed by atoms with van der Waals surface area (Å²) in [6.45, 7) is 2.35. The van der Waals surface area contributed by atoms with Crippen LogP contribution >= 0.6 is 11.3 Å². The quantitative estimate of drug-likeness (QED) is 0.507. The summed E-state index contributed by atoms with van der Waals surface area (Å²) in [5, 5.41) is 18.8. The second-order valence-electron chi connectivity index (χ2n) is 7.12. The number of nitrogens with zero attached hydrogens (tertiary/aromatic N) is 4. The molecule has 1 aliphatic rings. The zero-order valence-corrected chi connectivity index (χ0v) is 18.1. The second-order valence-corrected chi connectivity index (χ2v) is 8.07. The fourth-order valence-electron chi connectivity index (χ4n) is 3.15. The van der Waals surface area contributed by atoms with Crippen LogP contribution in [0, 0.1) is 12.8 Å². The average molecular weight is 446 g/mol. The van der Waals surface area contributed by atoms with Crippen LogP contribution in [0.15, 0.2) is 27.5 Å². The third kappa shape index (κ3) is 4.59. The molecular weight excluding hydrogens is 424 g/mol. The Bertz CT molecular complexity index is 1140. The summed E-state index contributed by atoms with van der Waals surface area (Å²) in [6.07, 6.45) is 3.80. The first-order valence-electron chi connectivity index (χ1n) is 9.63. The highest BCUT2D eigenvalue weighted by atomic mass is 32.1. The van der Waals surface area contributed by atoms with Crippen LogP contribution in [0.3, 0.4) is 0 Å². The number of aryl methyl sites for hydroxylation is 1. The number of ether oxygens (including phenoxy) is 2. The fourth-order valence-corrected chi connectivity index (χ4v) is 3.91. The zero-order chi connectivity index (χ0) is 22.0. The van der Waals surface area contributed by atoms with Crippen molar-refractivity contribution in [2.45, 2.75) is 25.8 Å². The molecule has 0 aromatic carbocycles. The summed E-state index contributed by atoms with van der Waals surface area (Å²) in [4.78, 5) is 25.1. The lowest BCUT2D eigenvalue weighted by Gasteiger charge is -2.20. The summed E-state index contributed by atoms with van der Waals surface area (Å²) in [7, 11) is 2.99. The summed E-state index contributed by atoms with van der Waals surface area (Å²) < 4.78 is 17.2. The molecule has 12 heteroatoms. The maximum Gasteiger partial charge on any atom is 0.381 e. The van der Waals surface area contributed by atoms with Crippen molar-refractivity contribution in [3.63, 3.8) is 0 Å². The van der Waals surface area contributed by atoms with Gasteiger partial charge in [-0.3, -0.25) is 10.1 Å². The predicted octanol–water partition coefficient (Wildman–Crippen LogP) is 2.08. The highest BCUT2D eigenvalue weighted by Crippen LogP contribution is 2.35. The summed E-state index contributed by atoms with van der Waals surface area (Å²) in [5.41, 5.74) is 0.505. The second kappa shape index (κ2) is 8.86. The number of hydrogen-bond acceptors (Lipinski definition) is 10. The standard InChI is InChI=1S/C19H22N6O5S/c1-10-6-7-20-25(10)19-24-23-18(31-19)22-16(26)14-8-12(15(29-3)17(27)30-14)21-13(9-28-2)11-4-5-11/h6-8,11,13,21H,4-5,9H2,1-3H3,(H,22,23,26)/t13-/m0/s1. The van der Waals surface area contributed by atoms with E-state index in [1.807, 2.05) is 13.0 Å². The van der Waals surface area contributed by atoms with Gasteiger partial charge in [0, 0.05) is 25.1 Å². The smallest absolute Gasteiger partial charge is 0.381 e. The number of carbonyl (C=O) groups excluding carboxylic acids is 1. The molecule has 0 radical (unpaired) electrons. The van der Waals surface area contributed by atoms with Gasteiger partial charge < -0.3 is 19.2 Å². The SMILES string of the molecule is COC[C@H](Nc1cc(C(=O)Nc2nnc(-n3nccc3C)s2)oc(=O)c1OC)C1CC1. The number of rotatable bonds is 9. The lowest BCUT2D eigenvalue weighted by Crippen LogP contribution is -2.28. The van der Waals surface area contributed by atoms with E-state index in [0.29, 0.717) is 23.3 Å². The molecule has 0 bridgehead atoms. The van der Waals surface area contributed by atoms with E-state index in [-0.39, 0.29) is 22.7 Å². The molecule has 0 unspecified atom stereocenters. The molecule has 1 aliphatic carbocycles. The Morgan fingerprint density at radius 3 is 2.84 bits per heavy atom. The Labute approximate surface area is 181 Å². The Morgan fingerprint density at radius 2 is 2.19 bits per heavy atom. The van der Waals surface area contributed by atoms with Crippen LogP contribution in [0.5, 0.6) is 5.75 Å². The molecule has 1 fully saturated rings. The van der Waals surface area contributed by atoms with Crippen molar-refractivity contribution in [2.24, 2.45) is 5.92 Å². The van der Waals surface area contributed by atoms with Gasteiger partial charge in [-0.05, 0) is 31.7 Å². The average Bonchev–Trinajstić information content (AvgIpc) is 3.35. The minimum Gasteiger partial charge on any atom is -0.488 e. The molecule has 31 heavy (non-hydrogen) atoms. The van der Waals surface area contributed by atoms with Gasteiger partial charge in [-0.25, -0.2) is 9.48 Å². The molecule has 164 valence electrons. The van der Waals surface area contributed by atoms with E-state index in [1.54, 1.807) is 18.0 Å². The van der Waals surface area contributed by atoms with Gasteiger partial charge >= 0.3 is 5.63 Å². The molecular formula is C19H22N6O5S. The molecule has 4 rings (SSSR count). The topological polar surface area (TPSA) is 133 Å². The number of nitrogens with one attached hydrogen (secondary N) is 2. The molecule has 11 nitrogen and oxygen atoms in total. The first-order valence-corrected chi connectivity index (χ1v) is 10.4. The van der Waals surface area contributed by atoms with Crippen molar-refractivity contribution in [1.82, 2.24) is 20.0 Å². The van der Waals surface area contributed by atoms with E-state index >= 15 is 0 Å². The number of amides is 1. The molecule has 3 aromatic rings. The third-order valence-corrected chi connectivity index (χ3v) is 5.68. The number of anilines is 2. The van der Waals surface area contributed by atoms with Gasteiger partial charge in [0.15, 0.2) is 5.76 Å². The van der Waals surface area contributed by atoms with Crippen molar-refractivity contribution < 1.29 is 18.7 Å². The predicted molar refractivity (Wildman–Crippen MR) is 113 cm³/mol. The van der Waals surface area contributed by atoms with E-state index in [9.17, 15) is 9.59 Å². The summed E-state index contributed by atoms with van der Waals surface area (Å²) >= 11 is 1.14. The molecule has 1 atom stereocenters. The van der Waals surface area contributed by atoms with Crippen molar-refractivity contribution in [3.05, 3.63) is 40.2 Å². The molecule has 0 saturated heterocycles. The largest absolute Gasteiger partial charge is 0.488 e. The maximum absolute atomic E-state index is 12.7. The van der Waals surface area contributed by atoms with E-state index < -0.39 is 11.5 Å². The monoisotopic (exact) mass is 446 g/mol. The van der Waals surface area contributed by atoms with Crippen LogP contribution in [0.4, 0.5) is 10.8 Å². The van der Waals surface area contributed by atoms with Gasteiger partial charge in [0.05, 0.1) is 25.4 Å². The highest BCUT2D eigenvalue weighted by Gasteiger charge is 2.32. The van der Waals surface area contributed by atoms with Crippen LogP contribution in [0.1, 0.15) is 29.1 Å². The van der Waals surface area contributed by atoms with E-state index in [1.165, 1.54) is 13.2 Å². The number of aromatic nitrogens is 4. The number of carbonyl (C=O) groups is 1. The molecule has 1 amide bonds. The third-order valence-electron chi connectivity index (χ3n) is 4.86. The Balaban J connectivity index is 1.55. The normalized spacial score (nSPS) is 14.3. The lowest BCUT2D eigenvalue weighted by atomic mass is 10.2. The highest BCUT2D eigenvalue weighted by molar-refractivity contribution is 7.17. The minimum absolute atomic E-state index is 0.000331. The fraction of sp³-hybridized carbons (Fsp3) is 0.421. The van der Waals surface area contributed by atoms with Gasteiger partial charge in [-0.15, -0.1) is 10.2 Å². The maximum atomic E-state index is 12.7. The van der Waals surface area contributed by atoms with Crippen LogP contribution in [-0.2, 0) is 4.74 Å². The van der Waals surface area contributed by atoms with E-state index in [2.05, 4.69) is 25.9 Å². The molecule has 2 N–H and O–H groups in total. The van der Waals surface area contributed by atoms with Crippen LogP contribution < -0.4 is 21.0 Å². The molecule has 0 spiro atoms. The van der Waals surface area contributed by atoms with E-state index in [4.69, 9.17) is 13.9 Å². The van der Waals surface area contributed by atoms with Crippen molar-refractivity contribution in [2.75, 3.05) is 31.5 Å². The van der Waals surface area contributed by atoms with Crippen molar-refractivity contribution in [3.8, 4) is 10.9 Å². The number of methoxy groups -OCH3 is 2. The lowest BCUT2D eigenvalue weighted by molar-refractivity contribution is 0.0991. The zero-order valence-electron chi connectivity index (χ0n) is 17.2. The first kappa shape index (κ1) is 21.0. The van der Waals surface area contributed by atoms with Crippen LogP contribution in [0.25, 0.3) is 5.13 Å². The van der Waals surface area contributed by atoms with Gasteiger partial charge in [-0.1, -0.05) is 11.3 Å². The van der Waals surface area contributed by atoms with Crippen LogP contribution in [0.2, 0.25) is 0 Å². The van der Waals surface area contributed by atoms with Gasteiger partial charge in [0.25, 0.3) is 5.91 Å². The molecule has 3 heterocycles. The molecule has 3 aromatic heterocycles. The molecule has 1 saturated carbocycles. The summed E-state index contributed by atoms with van der Waals surface area (Å²) in [6, 6.07) is 3.28. The first-order chi connectivity index (χ1) is 15.0. The van der Waals surface area contributed by atoms with Gasteiger partial charge in [-0.2, -0.15) is 5.10 Å². The molecule has 0 aliphatic heterocycles. The van der Waals surface area contributed by atoms with Crippen LogP contribution in [-0.4, -0.2) is 52.8 Å². The Kier molecular flexibility index (Phi) is 6.00. The van der Waals surface area contributed by atoms with Crippen molar-refractivity contribution >= 4 is 28.1 Å². The minimum atomic E-state index is -0.755. The van der Waals surface area contributed by atoms with Gasteiger partial charge in [0.1, 0.15) is 0 Å². The Hall–Kier alpha value is -3.25. The van der Waals surface area contributed by atoms with Gasteiger partial charge in [0.2, 0.25) is 16.0 Å². The summed E-state index contributed by atoms with van der Waals surface area (Å²) in [5.74, 6) is -0.352. The van der Waals surface area contributed by atoms with E-state index in [0.717, 1.165) is 29.9 Å². The number of hydrogen-bond donors (Lipinski definition) is 2. The van der Waals surface area contributed by atoms with Crippen molar-refractivity contribution in [1.29, 1.82) is 0 Å². The Morgan fingerprint density at radius 1 is 1.39 bits per heavy atom.